The van der Waals surface area contributed by atoms with E-state index in [-0.39, 0.29) is 12.0 Å². The van der Waals surface area contributed by atoms with Crippen LogP contribution < -0.4 is 4.90 Å². The topological polar surface area (TPSA) is 45.7 Å². The summed E-state index contributed by atoms with van der Waals surface area (Å²) in [6.45, 7) is 5.80. The number of morpholine rings is 1. The SMILES string of the molecule is CC1CN(c2cccc3c2C(=O)N(CCc2ccc4ccccc4n2)C3)CCO1. The Morgan fingerprint density at radius 3 is 2.90 bits per heavy atom. The van der Waals surface area contributed by atoms with Crippen LogP contribution >= 0.6 is 0 Å². The lowest BCUT2D eigenvalue weighted by molar-refractivity contribution is 0.0530. The zero-order valence-electron chi connectivity index (χ0n) is 16.7. The van der Waals surface area contributed by atoms with Crippen molar-refractivity contribution in [1.29, 1.82) is 0 Å². The molecule has 5 nitrogen and oxygen atoms in total. The van der Waals surface area contributed by atoms with Crippen molar-refractivity contribution in [2.24, 2.45) is 0 Å². The first-order valence-corrected chi connectivity index (χ1v) is 10.3. The Bertz CT molecular complexity index is 1060. The molecule has 0 bridgehead atoms. The third kappa shape index (κ3) is 3.47. The summed E-state index contributed by atoms with van der Waals surface area (Å²) >= 11 is 0. The molecule has 148 valence electrons. The first-order chi connectivity index (χ1) is 14.2. The highest BCUT2D eigenvalue weighted by molar-refractivity contribution is 6.03. The van der Waals surface area contributed by atoms with Gasteiger partial charge in [-0.1, -0.05) is 36.4 Å². The van der Waals surface area contributed by atoms with E-state index < -0.39 is 0 Å². The number of benzene rings is 2. The summed E-state index contributed by atoms with van der Waals surface area (Å²) < 4.78 is 5.67. The van der Waals surface area contributed by atoms with E-state index in [1.807, 2.05) is 23.1 Å². The van der Waals surface area contributed by atoms with Gasteiger partial charge in [0.05, 0.1) is 29.5 Å². The van der Waals surface area contributed by atoms with E-state index in [0.717, 1.165) is 52.9 Å². The van der Waals surface area contributed by atoms with Crippen molar-refractivity contribution in [3.05, 3.63) is 71.4 Å². The zero-order valence-corrected chi connectivity index (χ0v) is 16.7. The monoisotopic (exact) mass is 387 g/mol. The molecular formula is C24H25N3O2. The van der Waals surface area contributed by atoms with Crippen molar-refractivity contribution in [1.82, 2.24) is 9.88 Å². The first kappa shape index (κ1) is 18.1. The van der Waals surface area contributed by atoms with E-state index in [1.165, 1.54) is 0 Å². The number of hydrogen-bond acceptors (Lipinski definition) is 4. The van der Waals surface area contributed by atoms with Crippen LogP contribution in [0.1, 0.15) is 28.5 Å². The van der Waals surface area contributed by atoms with Gasteiger partial charge in [-0.2, -0.15) is 0 Å². The maximum absolute atomic E-state index is 13.2. The molecule has 0 radical (unpaired) electrons. The number of para-hydroxylation sites is 1. The minimum Gasteiger partial charge on any atom is -0.375 e. The van der Waals surface area contributed by atoms with Gasteiger partial charge in [0.2, 0.25) is 0 Å². The lowest BCUT2D eigenvalue weighted by Gasteiger charge is -2.33. The fourth-order valence-electron chi connectivity index (χ4n) is 4.38. The number of carbonyl (C=O) groups is 1. The van der Waals surface area contributed by atoms with E-state index in [2.05, 4.69) is 48.2 Å². The van der Waals surface area contributed by atoms with Crippen LogP contribution in [0.15, 0.2) is 54.6 Å². The van der Waals surface area contributed by atoms with E-state index in [4.69, 9.17) is 9.72 Å². The lowest BCUT2D eigenvalue weighted by Crippen LogP contribution is -2.42. The maximum atomic E-state index is 13.2. The summed E-state index contributed by atoms with van der Waals surface area (Å²) in [6, 6.07) is 18.5. The number of amides is 1. The van der Waals surface area contributed by atoms with Gasteiger partial charge in [0.25, 0.3) is 5.91 Å². The zero-order chi connectivity index (χ0) is 19.8. The minimum atomic E-state index is 0.135. The second-order valence-corrected chi connectivity index (χ2v) is 7.91. The number of carbonyl (C=O) groups excluding carboxylic acids is 1. The number of hydrogen-bond donors (Lipinski definition) is 0. The normalized spacial score (nSPS) is 19.1. The van der Waals surface area contributed by atoms with E-state index in [0.29, 0.717) is 19.7 Å². The van der Waals surface area contributed by atoms with Crippen LogP contribution in [0.3, 0.4) is 0 Å². The van der Waals surface area contributed by atoms with Crippen molar-refractivity contribution in [3.8, 4) is 0 Å². The molecule has 1 amide bonds. The molecule has 2 aromatic carbocycles. The Morgan fingerprint density at radius 2 is 2.00 bits per heavy atom. The van der Waals surface area contributed by atoms with Gasteiger partial charge >= 0.3 is 0 Å². The minimum absolute atomic E-state index is 0.135. The van der Waals surface area contributed by atoms with Crippen LogP contribution in [-0.4, -0.2) is 48.1 Å². The van der Waals surface area contributed by atoms with Gasteiger partial charge < -0.3 is 14.5 Å². The molecule has 0 N–H and O–H groups in total. The third-order valence-corrected chi connectivity index (χ3v) is 5.87. The van der Waals surface area contributed by atoms with Gasteiger partial charge in [0.15, 0.2) is 0 Å². The summed E-state index contributed by atoms with van der Waals surface area (Å²) in [5, 5.41) is 1.14. The molecule has 1 saturated heterocycles. The quantitative estimate of drug-likeness (QED) is 0.685. The van der Waals surface area contributed by atoms with Crippen molar-refractivity contribution in [3.63, 3.8) is 0 Å². The Hall–Kier alpha value is -2.92. The van der Waals surface area contributed by atoms with Crippen LogP contribution in [0, 0.1) is 0 Å². The van der Waals surface area contributed by atoms with E-state index in [9.17, 15) is 4.79 Å². The van der Waals surface area contributed by atoms with Gasteiger partial charge in [-0.05, 0) is 30.7 Å². The summed E-state index contributed by atoms with van der Waals surface area (Å²) in [4.78, 5) is 22.2. The molecule has 5 heteroatoms. The van der Waals surface area contributed by atoms with E-state index in [1.54, 1.807) is 0 Å². The number of pyridine rings is 1. The van der Waals surface area contributed by atoms with Crippen LogP contribution in [0.25, 0.3) is 10.9 Å². The predicted molar refractivity (Wildman–Crippen MR) is 114 cm³/mol. The molecule has 1 atom stereocenters. The Kier molecular flexibility index (Phi) is 4.68. The molecular weight excluding hydrogens is 362 g/mol. The van der Waals surface area contributed by atoms with Gasteiger partial charge in [-0.25, -0.2) is 0 Å². The highest BCUT2D eigenvalue weighted by Crippen LogP contribution is 2.32. The average molecular weight is 387 g/mol. The number of aromatic nitrogens is 1. The molecule has 2 aliphatic heterocycles. The van der Waals surface area contributed by atoms with Gasteiger partial charge in [-0.15, -0.1) is 0 Å². The molecule has 0 aliphatic carbocycles. The maximum Gasteiger partial charge on any atom is 0.256 e. The fourth-order valence-corrected chi connectivity index (χ4v) is 4.38. The second kappa shape index (κ2) is 7.48. The molecule has 3 heterocycles. The highest BCUT2D eigenvalue weighted by Gasteiger charge is 2.32. The molecule has 1 aromatic heterocycles. The molecule has 0 saturated carbocycles. The second-order valence-electron chi connectivity index (χ2n) is 7.91. The summed E-state index contributed by atoms with van der Waals surface area (Å²) in [5.74, 6) is 0.135. The van der Waals surface area contributed by atoms with Crippen molar-refractivity contribution in [2.75, 3.05) is 31.1 Å². The first-order valence-electron chi connectivity index (χ1n) is 10.3. The molecule has 1 unspecified atom stereocenters. The molecule has 3 aromatic rings. The molecule has 5 rings (SSSR count). The Balaban J connectivity index is 1.33. The van der Waals surface area contributed by atoms with Gasteiger partial charge in [0.1, 0.15) is 0 Å². The molecule has 2 aliphatic rings. The number of anilines is 1. The van der Waals surface area contributed by atoms with Gasteiger partial charge in [-0.3, -0.25) is 9.78 Å². The lowest BCUT2D eigenvalue weighted by atomic mass is 10.1. The number of nitrogens with zero attached hydrogens (tertiary/aromatic N) is 3. The van der Waals surface area contributed by atoms with Crippen LogP contribution in [0.4, 0.5) is 5.69 Å². The smallest absolute Gasteiger partial charge is 0.256 e. The molecule has 29 heavy (non-hydrogen) atoms. The fraction of sp³-hybridized carbons (Fsp3) is 0.333. The van der Waals surface area contributed by atoms with Gasteiger partial charge in [0, 0.05) is 43.7 Å². The predicted octanol–water partition coefficient (Wildman–Crippen LogP) is 3.66. The Labute approximate surface area is 170 Å². The highest BCUT2D eigenvalue weighted by atomic mass is 16.5. The van der Waals surface area contributed by atoms with Crippen molar-refractivity contribution in [2.45, 2.75) is 26.0 Å². The number of ether oxygens (including phenoxy) is 1. The molecule has 1 fully saturated rings. The van der Waals surface area contributed by atoms with Crippen molar-refractivity contribution >= 4 is 22.5 Å². The summed E-state index contributed by atoms with van der Waals surface area (Å²) in [6.07, 6.45) is 0.945. The molecule has 0 spiro atoms. The summed E-state index contributed by atoms with van der Waals surface area (Å²) in [7, 11) is 0. The largest absolute Gasteiger partial charge is 0.375 e. The summed E-state index contributed by atoms with van der Waals surface area (Å²) in [5.41, 5.74) is 5.07. The third-order valence-electron chi connectivity index (χ3n) is 5.87. The van der Waals surface area contributed by atoms with Crippen LogP contribution in [0.2, 0.25) is 0 Å². The van der Waals surface area contributed by atoms with Crippen molar-refractivity contribution < 1.29 is 9.53 Å². The van der Waals surface area contributed by atoms with Crippen LogP contribution in [0.5, 0.6) is 0 Å². The van der Waals surface area contributed by atoms with Crippen LogP contribution in [-0.2, 0) is 17.7 Å². The number of fused-ring (bicyclic) bond motifs is 2. The average Bonchev–Trinajstić information content (AvgIpc) is 3.08. The standard InChI is InChI=1S/C24H25N3O2/c1-17-15-26(13-14-29-17)22-8-4-6-19-16-27(24(28)23(19)22)12-11-20-10-9-18-5-2-3-7-21(18)25-20/h2-10,17H,11-16H2,1H3. The Morgan fingerprint density at radius 1 is 1.10 bits per heavy atom. The number of rotatable bonds is 4. The van der Waals surface area contributed by atoms with E-state index >= 15 is 0 Å².